The van der Waals surface area contributed by atoms with Gasteiger partial charge in [0, 0.05) is 19.2 Å². The quantitative estimate of drug-likeness (QED) is 0.735. The van der Waals surface area contributed by atoms with Crippen molar-refractivity contribution >= 4 is 5.78 Å². The van der Waals surface area contributed by atoms with Crippen molar-refractivity contribution in [1.29, 1.82) is 5.26 Å². The lowest BCUT2D eigenvalue weighted by molar-refractivity contribution is -0.140. The molecule has 5 fully saturated rings. The molecule has 0 aliphatic heterocycles. The summed E-state index contributed by atoms with van der Waals surface area (Å²) in [4.78, 5) is 13.5. The van der Waals surface area contributed by atoms with Crippen LogP contribution in [0, 0.1) is 64.1 Å². The zero-order valence-electron chi connectivity index (χ0n) is 19.9. The predicted octanol–water partition coefficient (Wildman–Crippen LogP) is 3.83. The van der Waals surface area contributed by atoms with Crippen molar-refractivity contribution in [2.24, 2.45) is 52.8 Å². The molecule has 5 aliphatic rings. The van der Waals surface area contributed by atoms with Gasteiger partial charge in [-0.3, -0.25) is 9.48 Å². The van der Waals surface area contributed by atoms with Crippen LogP contribution in [0.25, 0.3) is 0 Å². The fourth-order valence-electron chi connectivity index (χ4n) is 9.70. The molecule has 0 spiro atoms. The molecule has 0 saturated heterocycles. The summed E-state index contributed by atoms with van der Waals surface area (Å²) in [5.74, 6) is 5.35. The molecule has 1 heterocycles. The van der Waals surface area contributed by atoms with E-state index in [1.54, 1.807) is 24.2 Å². The minimum atomic E-state index is -0.629. The molecule has 1 aromatic rings. The Bertz CT molecular complexity index is 984. The number of methoxy groups -OCH3 is 1. The van der Waals surface area contributed by atoms with Gasteiger partial charge >= 0.3 is 0 Å². The molecule has 178 valence electrons. The SMILES string of the molecule is COC[C@@]1(O)CC[C@H]2[C@H](CC[C@@H]3[C@@H]2CC[C@]2(C)[C@@H](C(=O)Cn4cc(C#N)cn4)C4CC4[C@@H]32)C1. The van der Waals surface area contributed by atoms with Crippen LogP contribution in [0.5, 0.6) is 0 Å². The first-order valence-corrected chi connectivity index (χ1v) is 13.0. The maximum atomic E-state index is 13.5. The van der Waals surface area contributed by atoms with Crippen LogP contribution in [-0.2, 0) is 16.1 Å². The largest absolute Gasteiger partial charge is 0.387 e. The Balaban J connectivity index is 1.19. The fourth-order valence-corrected chi connectivity index (χ4v) is 9.70. The number of hydrogen-bond acceptors (Lipinski definition) is 5. The number of nitrogens with zero attached hydrogens (tertiary/aromatic N) is 3. The minimum Gasteiger partial charge on any atom is -0.387 e. The molecular weight excluding hydrogens is 414 g/mol. The molecule has 0 radical (unpaired) electrons. The Hall–Kier alpha value is -1.71. The number of fused-ring (bicyclic) bond motifs is 7. The maximum absolute atomic E-state index is 13.5. The highest BCUT2D eigenvalue weighted by Gasteiger charge is 2.70. The van der Waals surface area contributed by atoms with Gasteiger partial charge in [0.1, 0.15) is 6.07 Å². The summed E-state index contributed by atoms with van der Waals surface area (Å²) in [5.41, 5.74) is 0.0100. The second kappa shape index (κ2) is 7.65. The lowest BCUT2D eigenvalue weighted by Crippen LogP contribution is -2.53. The normalized spacial score (nSPS) is 47.6. The first-order valence-electron chi connectivity index (χ1n) is 13.0. The Morgan fingerprint density at radius 3 is 2.79 bits per heavy atom. The van der Waals surface area contributed by atoms with Gasteiger partial charge in [0.05, 0.1) is 30.5 Å². The van der Waals surface area contributed by atoms with Crippen LogP contribution in [-0.4, -0.2) is 40.0 Å². The van der Waals surface area contributed by atoms with Gasteiger partial charge in [-0.25, -0.2) is 0 Å². The number of carbonyl (C=O) groups is 1. The van der Waals surface area contributed by atoms with Crippen LogP contribution in [0.2, 0.25) is 0 Å². The molecule has 6 rings (SSSR count). The first-order chi connectivity index (χ1) is 15.9. The molecule has 10 atom stereocenters. The summed E-state index contributed by atoms with van der Waals surface area (Å²) in [6.07, 6.45) is 12.3. The molecule has 6 heteroatoms. The molecule has 33 heavy (non-hydrogen) atoms. The number of nitriles is 1. The average Bonchev–Trinajstić information content (AvgIpc) is 3.29. The van der Waals surface area contributed by atoms with Gasteiger partial charge in [-0.2, -0.15) is 10.4 Å². The molecule has 0 amide bonds. The number of rotatable bonds is 5. The molecule has 0 bridgehead atoms. The summed E-state index contributed by atoms with van der Waals surface area (Å²) < 4.78 is 7.00. The van der Waals surface area contributed by atoms with Crippen molar-refractivity contribution in [3.05, 3.63) is 18.0 Å². The Labute approximate surface area is 196 Å². The van der Waals surface area contributed by atoms with Crippen molar-refractivity contribution in [3.63, 3.8) is 0 Å². The summed E-state index contributed by atoms with van der Waals surface area (Å²) in [5, 5.41) is 24.3. The van der Waals surface area contributed by atoms with Crippen molar-refractivity contribution < 1.29 is 14.6 Å². The van der Waals surface area contributed by atoms with Crippen molar-refractivity contribution in [3.8, 4) is 6.07 Å². The van der Waals surface area contributed by atoms with E-state index in [4.69, 9.17) is 10.00 Å². The topological polar surface area (TPSA) is 88.1 Å². The molecular formula is C27H37N3O3. The van der Waals surface area contributed by atoms with Gasteiger partial charge in [-0.15, -0.1) is 0 Å². The number of ether oxygens (including phenoxy) is 1. The number of ketones is 1. The smallest absolute Gasteiger partial charge is 0.158 e. The third kappa shape index (κ3) is 3.33. The number of aromatic nitrogens is 2. The summed E-state index contributed by atoms with van der Waals surface area (Å²) >= 11 is 0. The first kappa shape index (κ1) is 21.8. The number of carbonyl (C=O) groups excluding carboxylic acids is 1. The number of hydrogen-bond donors (Lipinski definition) is 1. The average molecular weight is 452 g/mol. The van der Waals surface area contributed by atoms with Gasteiger partial charge in [-0.05, 0) is 98.2 Å². The lowest BCUT2D eigenvalue weighted by Gasteiger charge is -2.58. The van der Waals surface area contributed by atoms with E-state index in [9.17, 15) is 9.90 Å². The monoisotopic (exact) mass is 451 g/mol. The minimum absolute atomic E-state index is 0.120. The highest BCUT2D eigenvalue weighted by Crippen LogP contribution is 2.74. The van der Waals surface area contributed by atoms with Gasteiger partial charge in [-0.1, -0.05) is 6.92 Å². The van der Waals surface area contributed by atoms with E-state index in [1.165, 1.54) is 25.7 Å². The van der Waals surface area contributed by atoms with Crippen LogP contribution < -0.4 is 0 Å². The van der Waals surface area contributed by atoms with E-state index >= 15 is 0 Å². The van der Waals surface area contributed by atoms with E-state index in [0.717, 1.165) is 49.4 Å². The summed E-state index contributed by atoms with van der Waals surface area (Å²) in [7, 11) is 1.70. The van der Waals surface area contributed by atoms with Crippen LogP contribution in [0.1, 0.15) is 63.9 Å². The van der Waals surface area contributed by atoms with Crippen molar-refractivity contribution in [2.75, 3.05) is 13.7 Å². The Morgan fingerprint density at radius 2 is 2.03 bits per heavy atom. The van der Waals surface area contributed by atoms with E-state index in [0.29, 0.717) is 42.3 Å². The van der Waals surface area contributed by atoms with Crippen LogP contribution in [0.3, 0.4) is 0 Å². The maximum Gasteiger partial charge on any atom is 0.158 e. The molecule has 5 aliphatic carbocycles. The predicted molar refractivity (Wildman–Crippen MR) is 122 cm³/mol. The van der Waals surface area contributed by atoms with Crippen molar-refractivity contribution in [1.82, 2.24) is 9.78 Å². The second-order valence-electron chi connectivity index (χ2n) is 12.3. The van der Waals surface area contributed by atoms with Crippen LogP contribution in [0.4, 0.5) is 0 Å². The Morgan fingerprint density at radius 1 is 1.21 bits per heavy atom. The van der Waals surface area contributed by atoms with Gasteiger partial charge < -0.3 is 9.84 Å². The molecule has 5 saturated carbocycles. The Kier molecular flexibility index (Phi) is 5.05. The lowest BCUT2D eigenvalue weighted by atomic mass is 9.47. The van der Waals surface area contributed by atoms with Crippen molar-refractivity contribution in [2.45, 2.75) is 70.4 Å². The van der Waals surface area contributed by atoms with E-state index < -0.39 is 5.60 Å². The molecule has 0 aromatic carbocycles. The number of aliphatic hydroxyl groups is 1. The molecule has 2 unspecified atom stereocenters. The molecule has 6 nitrogen and oxygen atoms in total. The second-order valence-corrected chi connectivity index (χ2v) is 12.3. The van der Waals surface area contributed by atoms with E-state index in [2.05, 4.69) is 18.1 Å². The molecule has 1 aromatic heterocycles. The summed E-state index contributed by atoms with van der Waals surface area (Å²) in [6, 6.07) is 2.11. The number of Topliss-reactive ketones (excluding diaryl/α,β-unsaturated/α-hetero) is 1. The summed E-state index contributed by atoms with van der Waals surface area (Å²) in [6.45, 7) is 3.19. The third-order valence-corrected chi connectivity index (χ3v) is 10.7. The van der Waals surface area contributed by atoms with E-state index in [1.807, 2.05) is 0 Å². The van der Waals surface area contributed by atoms with E-state index in [-0.39, 0.29) is 11.3 Å². The van der Waals surface area contributed by atoms with Gasteiger partial charge in [0.2, 0.25) is 0 Å². The van der Waals surface area contributed by atoms with Crippen LogP contribution >= 0.6 is 0 Å². The highest BCUT2D eigenvalue weighted by molar-refractivity contribution is 5.83. The fraction of sp³-hybridized carbons (Fsp3) is 0.815. The van der Waals surface area contributed by atoms with Gasteiger partial charge in [0.25, 0.3) is 0 Å². The third-order valence-electron chi connectivity index (χ3n) is 10.7. The standard InChI is InChI=1S/C27H37N3O3/c1-26-7-5-19-18-6-8-27(32,15-33-2)10-17(18)3-4-20(19)24(26)21-9-22(21)25(26)23(31)14-30-13-16(11-28)12-29-30/h12-13,17-22,24-25,32H,3-10,14-15H2,1-2H3/t17-,18+,19-,20-,21?,22?,24-,25-,26+,27-/m1/s1. The van der Waals surface area contributed by atoms with Gasteiger partial charge in [0.15, 0.2) is 5.78 Å². The molecule has 1 N–H and O–H groups in total. The zero-order valence-corrected chi connectivity index (χ0v) is 19.9. The van der Waals surface area contributed by atoms with Crippen LogP contribution in [0.15, 0.2) is 12.4 Å². The highest BCUT2D eigenvalue weighted by atomic mass is 16.5. The zero-order chi connectivity index (χ0) is 23.0.